The number of aryl methyl sites for hydroxylation is 1. The molecule has 0 aromatic heterocycles. The molecule has 0 saturated heterocycles. The van der Waals surface area contributed by atoms with Gasteiger partial charge in [0.15, 0.2) is 6.61 Å². The Kier molecular flexibility index (Phi) is 6.21. The van der Waals surface area contributed by atoms with Crippen LogP contribution in [0.3, 0.4) is 0 Å². The molecule has 0 spiro atoms. The molecule has 1 amide bonds. The van der Waals surface area contributed by atoms with Gasteiger partial charge in [0, 0.05) is 17.1 Å². The Hall–Kier alpha value is -2.07. The Bertz CT molecular complexity index is 731. The van der Waals surface area contributed by atoms with Crippen LogP contribution in [0.2, 0.25) is 5.02 Å². The van der Waals surface area contributed by atoms with Gasteiger partial charge in [-0.05, 0) is 42.2 Å². The highest BCUT2D eigenvalue weighted by atomic mass is 35.5. The zero-order valence-electron chi connectivity index (χ0n) is 14.0. The van der Waals surface area contributed by atoms with Gasteiger partial charge in [-0.25, -0.2) is 4.39 Å². The summed E-state index contributed by atoms with van der Waals surface area (Å²) in [6.07, 6.45) is 0. The van der Waals surface area contributed by atoms with E-state index in [4.69, 9.17) is 16.3 Å². The summed E-state index contributed by atoms with van der Waals surface area (Å²) in [5.41, 5.74) is 2.28. The second kappa shape index (κ2) is 8.15. The molecule has 0 aliphatic rings. The summed E-state index contributed by atoms with van der Waals surface area (Å²) >= 11 is 6.15. The van der Waals surface area contributed by atoms with Crippen LogP contribution in [-0.2, 0) is 11.3 Å². The van der Waals surface area contributed by atoms with Crippen LogP contribution in [-0.4, -0.2) is 12.5 Å². The molecule has 5 heteroatoms. The summed E-state index contributed by atoms with van der Waals surface area (Å²) in [6.45, 7) is 5.95. The molecule has 0 unspecified atom stereocenters. The predicted molar refractivity (Wildman–Crippen MR) is 94.0 cm³/mol. The fourth-order valence-electron chi connectivity index (χ4n) is 2.28. The summed E-state index contributed by atoms with van der Waals surface area (Å²) in [5, 5.41) is 3.33. The quantitative estimate of drug-likeness (QED) is 0.827. The van der Waals surface area contributed by atoms with Gasteiger partial charge in [-0.15, -0.1) is 0 Å². The molecule has 3 nitrogen and oxygen atoms in total. The van der Waals surface area contributed by atoms with Gasteiger partial charge in [0.25, 0.3) is 5.91 Å². The molecule has 0 bridgehead atoms. The average molecular weight is 350 g/mol. The van der Waals surface area contributed by atoms with Crippen molar-refractivity contribution in [3.05, 3.63) is 63.9 Å². The largest absolute Gasteiger partial charge is 0.483 e. The average Bonchev–Trinajstić information content (AvgIpc) is 2.54. The molecule has 0 radical (unpaired) electrons. The SMILES string of the molecule is Cc1cc(OCC(=O)NCc2ccccc2F)c(C(C)C)cc1Cl. The molecule has 0 saturated carbocycles. The zero-order chi connectivity index (χ0) is 17.7. The Balaban J connectivity index is 1.97. The number of halogens is 2. The number of ether oxygens (including phenoxy) is 1. The molecule has 2 aromatic rings. The van der Waals surface area contributed by atoms with E-state index >= 15 is 0 Å². The minimum atomic E-state index is -0.339. The molecule has 0 aliphatic carbocycles. The van der Waals surface area contributed by atoms with E-state index in [1.165, 1.54) is 6.07 Å². The molecule has 24 heavy (non-hydrogen) atoms. The van der Waals surface area contributed by atoms with Gasteiger partial charge >= 0.3 is 0 Å². The van der Waals surface area contributed by atoms with Crippen molar-refractivity contribution in [3.63, 3.8) is 0 Å². The van der Waals surface area contributed by atoms with Crippen molar-refractivity contribution in [2.75, 3.05) is 6.61 Å². The Morgan fingerprint density at radius 3 is 2.67 bits per heavy atom. The van der Waals surface area contributed by atoms with Gasteiger partial charge in [0.05, 0.1) is 0 Å². The first kappa shape index (κ1) is 18.3. The van der Waals surface area contributed by atoms with E-state index in [0.717, 1.165) is 11.1 Å². The highest BCUT2D eigenvalue weighted by Gasteiger charge is 2.13. The maximum atomic E-state index is 13.5. The lowest BCUT2D eigenvalue weighted by Crippen LogP contribution is -2.29. The van der Waals surface area contributed by atoms with E-state index in [-0.39, 0.29) is 30.8 Å². The summed E-state index contributed by atoms with van der Waals surface area (Å²) in [6, 6.07) is 10.0. The van der Waals surface area contributed by atoms with Gasteiger partial charge < -0.3 is 10.1 Å². The second-order valence-corrected chi connectivity index (χ2v) is 6.36. The summed E-state index contributed by atoms with van der Waals surface area (Å²) in [4.78, 5) is 11.9. The minimum Gasteiger partial charge on any atom is -0.483 e. The van der Waals surface area contributed by atoms with Crippen LogP contribution in [0.15, 0.2) is 36.4 Å². The molecular weight excluding hydrogens is 329 g/mol. The van der Waals surface area contributed by atoms with Gasteiger partial charge in [0.2, 0.25) is 0 Å². The Morgan fingerprint density at radius 2 is 2.00 bits per heavy atom. The molecule has 128 valence electrons. The van der Waals surface area contributed by atoms with Crippen LogP contribution in [0, 0.1) is 12.7 Å². The standard InChI is InChI=1S/C19H21ClFNO2/c1-12(2)15-9-16(20)13(3)8-18(15)24-11-19(23)22-10-14-6-4-5-7-17(14)21/h4-9,12H,10-11H2,1-3H3,(H,22,23). The first-order valence-electron chi connectivity index (χ1n) is 7.81. The number of hydrogen-bond donors (Lipinski definition) is 1. The van der Waals surface area contributed by atoms with Crippen LogP contribution in [0.4, 0.5) is 4.39 Å². The van der Waals surface area contributed by atoms with Crippen LogP contribution in [0.5, 0.6) is 5.75 Å². The van der Waals surface area contributed by atoms with E-state index < -0.39 is 0 Å². The lowest BCUT2D eigenvalue weighted by molar-refractivity contribution is -0.123. The maximum Gasteiger partial charge on any atom is 0.258 e. The first-order valence-corrected chi connectivity index (χ1v) is 8.19. The predicted octanol–water partition coefficient (Wildman–Crippen LogP) is 4.61. The smallest absolute Gasteiger partial charge is 0.258 e. The highest BCUT2D eigenvalue weighted by Crippen LogP contribution is 2.31. The molecule has 2 rings (SSSR count). The number of hydrogen-bond acceptors (Lipinski definition) is 2. The molecule has 0 atom stereocenters. The second-order valence-electron chi connectivity index (χ2n) is 5.95. The maximum absolute atomic E-state index is 13.5. The van der Waals surface area contributed by atoms with Crippen molar-refractivity contribution in [1.29, 1.82) is 0 Å². The van der Waals surface area contributed by atoms with E-state index in [2.05, 4.69) is 5.32 Å². The number of amides is 1. The minimum absolute atomic E-state index is 0.130. The van der Waals surface area contributed by atoms with Gasteiger partial charge in [-0.1, -0.05) is 43.6 Å². The molecule has 0 heterocycles. The monoisotopic (exact) mass is 349 g/mol. The Labute approximate surface area is 146 Å². The molecule has 2 aromatic carbocycles. The zero-order valence-corrected chi connectivity index (χ0v) is 14.8. The van der Waals surface area contributed by atoms with E-state index in [0.29, 0.717) is 16.3 Å². The Morgan fingerprint density at radius 1 is 1.29 bits per heavy atom. The normalized spacial score (nSPS) is 10.8. The van der Waals surface area contributed by atoms with Gasteiger partial charge in [0.1, 0.15) is 11.6 Å². The first-order chi connectivity index (χ1) is 11.4. The van der Waals surface area contributed by atoms with Crippen molar-refractivity contribution < 1.29 is 13.9 Å². The van der Waals surface area contributed by atoms with Gasteiger partial charge in [-0.3, -0.25) is 4.79 Å². The fourth-order valence-corrected chi connectivity index (χ4v) is 2.45. The van der Waals surface area contributed by atoms with E-state index in [1.807, 2.05) is 32.9 Å². The number of carbonyl (C=O) groups is 1. The van der Waals surface area contributed by atoms with Crippen molar-refractivity contribution in [2.24, 2.45) is 0 Å². The molecular formula is C19H21ClFNO2. The van der Waals surface area contributed by atoms with Crippen molar-refractivity contribution in [3.8, 4) is 5.75 Å². The van der Waals surface area contributed by atoms with Crippen LogP contribution in [0.1, 0.15) is 36.5 Å². The number of rotatable bonds is 6. The lowest BCUT2D eigenvalue weighted by atomic mass is 10.0. The summed E-state index contributed by atoms with van der Waals surface area (Å²) in [7, 11) is 0. The molecule has 1 N–H and O–H groups in total. The molecule has 0 fully saturated rings. The van der Waals surface area contributed by atoms with Crippen LogP contribution < -0.4 is 10.1 Å². The van der Waals surface area contributed by atoms with Crippen molar-refractivity contribution in [2.45, 2.75) is 33.2 Å². The van der Waals surface area contributed by atoms with Crippen molar-refractivity contribution in [1.82, 2.24) is 5.32 Å². The number of nitrogens with one attached hydrogen (secondary N) is 1. The summed E-state index contributed by atoms with van der Waals surface area (Å²) < 4.78 is 19.2. The van der Waals surface area contributed by atoms with Crippen molar-refractivity contribution >= 4 is 17.5 Å². The van der Waals surface area contributed by atoms with E-state index in [1.54, 1.807) is 18.2 Å². The fraction of sp³-hybridized carbons (Fsp3) is 0.316. The third-order valence-electron chi connectivity index (χ3n) is 3.71. The highest BCUT2D eigenvalue weighted by molar-refractivity contribution is 6.31. The third-order valence-corrected chi connectivity index (χ3v) is 4.11. The summed E-state index contributed by atoms with van der Waals surface area (Å²) in [5.74, 6) is 0.224. The van der Waals surface area contributed by atoms with Gasteiger partial charge in [-0.2, -0.15) is 0 Å². The number of benzene rings is 2. The van der Waals surface area contributed by atoms with Crippen LogP contribution in [0.25, 0.3) is 0 Å². The molecule has 0 aliphatic heterocycles. The lowest BCUT2D eigenvalue weighted by Gasteiger charge is -2.16. The van der Waals surface area contributed by atoms with Crippen LogP contribution >= 0.6 is 11.6 Å². The third kappa shape index (κ3) is 4.71. The topological polar surface area (TPSA) is 38.3 Å². The van der Waals surface area contributed by atoms with E-state index in [9.17, 15) is 9.18 Å². The number of carbonyl (C=O) groups excluding carboxylic acids is 1.